The predicted octanol–water partition coefficient (Wildman–Crippen LogP) is 4.38. The van der Waals surface area contributed by atoms with E-state index in [0.717, 1.165) is 25.7 Å². The molecule has 0 N–H and O–H groups in total. The van der Waals surface area contributed by atoms with Crippen LogP contribution in [0.2, 0.25) is 0 Å². The van der Waals surface area contributed by atoms with Crippen molar-refractivity contribution in [1.29, 1.82) is 0 Å². The Morgan fingerprint density at radius 3 is 2.53 bits per heavy atom. The molecule has 2 nitrogen and oxygen atoms in total. The molecule has 0 unspecified atom stereocenters. The van der Waals surface area contributed by atoms with Crippen molar-refractivity contribution in [3.8, 4) is 5.75 Å². The third kappa shape index (κ3) is 3.34. The van der Waals surface area contributed by atoms with Crippen molar-refractivity contribution >= 4 is 5.78 Å². The van der Waals surface area contributed by atoms with Crippen LogP contribution in [0.3, 0.4) is 0 Å². The molecular formula is C16H21FO2. The van der Waals surface area contributed by atoms with Crippen LogP contribution in [0.15, 0.2) is 18.2 Å². The molecule has 1 aliphatic carbocycles. The molecule has 0 aromatic heterocycles. The van der Waals surface area contributed by atoms with Crippen molar-refractivity contribution in [1.82, 2.24) is 0 Å². The summed E-state index contributed by atoms with van der Waals surface area (Å²) < 4.78 is 19.6. The molecule has 19 heavy (non-hydrogen) atoms. The summed E-state index contributed by atoms with van der Waals surface area (Å²) in [5.74, 6) is -0.483. The highest BCUT2D eigenvalue weighted by atomic mass is 19.1. The Balaban J connectivity index is 2.14. The summed E-state index contributed by atoms with van der Waals surface area (Å²) in [7, 11) is 0. The lowest BCUT2D eigenvalue weighted by Gasteiger charge is -2.34. The van der Waals surface area contributed by atoms with Gasteiger partial charge in [0.25, 0.3) is 0 Å². The highest BCUT2D eigenvalue weighted by Gasteiger charge is 2.29. The molecule has 0 amide bonds. The minimum Gasteiger partial charge on any atom is -0.487 e. The summed E-state index contributed by atoms with van der Waals surface area (Å²) in [5, 5.41) is 0. The van der Waals surface area contributed by atoms with E-state index in [2.05, 4.69) is 13.8 Å². The number of hydrogen-bond acceptors (Lipinski definition) is 2. The quantitative estimate of drug-likeness (QED) is 0.757. The van der Waals surface area contributed by atoms with Crippen molar-refractivity contribution < 1.29 is 13.9 Å². The highest BCUT2D eigenvalue weighted by molar-refractivity contribution is 5.96. The van der Waals surface area contributed by atoms with Gasteiger partial charge >= 0.3 is 0 Å². The zero-order valence-electron chi connectivity index (χ0n) is 11.8. The number of Topliss-reactive ketones (excluding diaryl/α,β-unsaturated/α-hetero) is 1. The van der Waals surface area contributed by atoms with Gasteiger partial charge in [0.2, 0.25) is 0 Å². The van der Waals surface area contributed by atoms with Crippen LogP contribution in [0.5, 0.6) is 5.75 Å². The van der Waals surface area contributed by atoms with Gasteiger partial charge in [0.05, 0.1) is 11.7 Å². The van der Waals surface area contributed by atoms with Crippen LogP contribution < -0.4 is 4.74 Å². The molecule has 0 radical (unpaired) electrons. The van der Waals surface area contributed by atoms with Gasteiger partial charge in [-0.05, 0) is 50.2 Å². The van der Waals surface area contributed by atoms with Crippen molar-refractivity contribution in [3.05, 3.63) is 29.6 Å². The summed E-state index contributed by atoms with van der Waals surface area (Å²) >= 11 is 0. The first-order valence-corrected chi connectivity index (χ1v) is 6.85. The minimum absolute atomic E-state index is 0.0167. The molecule has 0 aliphatic heterocycles. The summed E-state index contributed by atoms with van der Waals surface area (Å²) in [4.78, 5) is 11.5. The van der Waals surface area contributed by atoms with E-state index >= 15 is 0 Å². The molecule has 2 rings (SSSR count). The summed E-state index contributed by atoms with van der Waals surface area (Å²) in [6.45, 7) is 5.92. The maximum Gasteiger partial charge on any atom is 0.166 e. The van der Waals surface area contributed by atoms with E-state index in [1.54, 1.807) is 12.1 Å². The lowest BCUT2D eigenvalue weighted by Crippen LogP contribution is -2.29. The lowest BCUT2D eigenvalue weighted by molar-refractivity contribution is 0.0903. The zero-order valence-corrected chi connectivity index (χ0v) is 11.8. The van der Waals surface area contributed by atoms with E-state index in [9.17, 15) is 9.18 Å². The average molecular weight is 264 g/mol. The molecule has 0 saturated heterocycles. The van der Waals surface area contributed by atoms with Gasteiger partial charge in [-0.15, -0.1) is 0 Å². The first-order valence-electron chi connectivity index (χ1n) is 6.85. The summed E-state index contributed by atoms with van der Waals surface area (Å²) in [6, 6.07) is 4.50. The Labute approximate surface area is 114 Å². The van der Waals surface area contributed by atoms with Crippen molar-refractivity contribution in [2.24, 2.45) is 5.41 Å². The fourth-order valence-electron chi connectivity index (χ4n) is 2.56. The van der Waals surface area contributed by atoms with Crippen LogP contribution >= 0.6 is 0 Å². The number of halogens is 1. The van der Waals surface area contributed by atoms with Gasteiger partial charge in [0.1, 0.15) is 0 Å². The Bertz CT molecular complexity index is 470. The third-order valence-corrected chi connectivity index (χ3v) is 3.92. The first kappa shape index (κ1) is 14.0. The fourth-order valence-corrected chi connectivity index (χ4v) is 2.56. The van der Waals surface area contributed by atoms with E-state index in [1.807, 2.05) is 0 Å². The molecule has 1 fully saturated rings. The van der Waals surface area contributed by atoms with Gasteiger partial charge in [0, 0.05) is 0 Å². The number of hydrogen-bond donors (Lipinski definition) is 0. The predicted molar refractivity (Wildman–Crippen MR) is 73.1 cm³/mol. The highest BCUT2D eigenvalue weighted by Crippen LogP contribution is 2.37. The Morgan fingerprint density at radius 2 is 1.95 bits per heavy atom. The van der Waals surface area contributed by atoms with Crippen molar-refractivity contribution in [3.63, 3.8) is 0 Å². The van der Waals surface area contributed by atoms with E-state index in [1.165, 1.54) is 13.0 Å². The molecule has 1 aliphatic rings. The second-order valence-corrected chi connectivity index (χ2v) is 6.15. The van der Waals surface area contributed by atoms with Gasteiger partial charge in [-0.3, -0.25) is 4.79 Å². The maximum absolute atomic E-state index is 13.8. The summed E-state index contributed by atoms with van der Waals surface area (Å²) in [6.07, 6.45) is 3.99. The van der Waals surface area contributed by atoms with Crippen molar-refractivity contribution in [2.75, 3.05) is 0 Å². The second-order valence-electron chi connectivity index (χ2n) is 6.15. The number of para-hydroxylation sites is 1. The van der Waals surface area contributed by atoms with Crippen LogP contribution in [-0.2, 0) is 0 Å². The van der Waals surface area contributed by atoms with Gasteiger partial charge in [0.15, 0.2) is 17.3 Å². The monoisotopic (exact) mass is 264 g/mol. The maximum atomic E-state index is 13.8. The van der Waals surface area contributed by atoms with E-state index < -0.39 is 5.82 Å². The Morgan fingerprint density at radius 1 is 1.32 bits per heavy atom. The van der Waals surface area contributed by atoms with Crippen LogP contribution in [0.1, 0.15) is 56.8 Å². The van der Waals surface area contributed by atoms with Crippen LogP contribution in [0.4, 0.5) is 4.39 Å². The number of ketones is 1. The zero-order chi connectivity index (χ0) is 14.0. The van der Waals surface area contributed by atoms with E-state index in [-0.39, 0.29) is 17.6 Å². The molecule has 0 atom stereocenters. The number of carbonyl (C=O) groups excluding carboxylic acids is 1. The van der Waals surface area contributed by atoms with Crippen LogP contribution in [0, 0.1) is 11.2 Å². The standard InChI is InChI=1S/C16H21FO2/c1-11(18)13-5-4-6-14(17)15(13)19-12-7-9-16(2,3)10-8-12/h4-6,12H,7-10H2,1-3H3. The minimum atomic E-state index is -0.447. The molecule has 0 bridgehead atoms. The SMILES string of the molecule is CC(=O)c1cccc(F)c1OC1CCC(C)(C)CC1. The first-order chi connectivity index (χ1) is 8.89. The molecule has 1 saturated carbocycles. The van der Waals surface area contributed by atoms with Crippen LogP contribution in [0.25, 0.3) is 0 Å². The van der Waals surface area contributed by atoms with Gasteiger partial charge < -0.3 is 4.74 Å². The number of rotatable bonds is 3. The number of ether oxygens (including phenoxy) is 1. The normalized spacial score (nSPS) is 19.2. The second kappa shape index (κ2) is 5.32. The largest absolute Gasteiger partial charge is 0.487 e. The van der Waals surface area contributed by atoms with E-state index in [0.29, 0.717) is 11.0 Å². The molecular weight excluding hydrogens is 243 g/mol. The molecule has 1 aromatic rings. The molecule has 0 heterocycles. The molecule has 0 spiro atoms. The topological polar surface area (TPSA) is 26.3 Å². The number of benzene rings is 1. The molecule has 1 aromatic carbocycles. The molecule has 3 heteroatoms. The Hall–Kier alpha value is -1.38. The van der Waals surface area contributed by atoms with Gasteiger partial charge in [-0.25, -0.2) is 4.39 Å². The van der Waals surface area contributed by atoms with Gasteiger partial charge in [-0.1, -0.05) is 19.9 Å². The Kier molecular flexibility index (Phi) is 3.93. The van der Waals surface area contributed by atoms with Crippen LogP contribution in [-0.4, -0.2) is 11.9 Å². The average Bonchev–Trinajstić information content (AvgIpc) is 2.33. The smallest absolute Gasteiger partial charge is 0.166 e. The van der Waals surface area contributed by atoms with Gasteiger partial charge in [-0.2, -0.15) is 0 Å². The molecule has 104 valence electrons. The number of carbonyl (C=O) groups is 1. The summed E-state index contributed by atoms with van der Waals surface area (Å²) in [5.41, 5.74) is 0.684. The van der Waals surface area contributed by atoms with Crippen molar-refractivity contribution in [2.45, 2.75) is 52.6 Å². The fraction of sp³-hybridized carbons (Fsp3) is 0.562. The lowest BCUT2D eigenvalue weighted by atomic mass is 9.76. The third-order valence-electron chi connectivity index (χ3n) is 3.92. The van der Waals surface area contributed by atoms with E-state index in [4.69, 9.17) is 4.74 Å².